The zero-order chi connectivity index (χ0) is 12.1. The fourth-order valence-electron chi connectivity index (χ4n) is 2.20. The lowest BCUT2D eigenvalue weighted by Crippen LogP contribution is -2.43. The van der Waals surface area contributed by atoms with E-state index >= 15 is 0 Å². The Kier molecular flexibility index (Phi) is 5.22. The molecule has 0 aromatic carbocycles. The largest absolute Gasteiger partial charge is 0.349 e. The zero-order valence-electron chi connectivity index (χ0n) is 10.8. The minimum atomic E-state index is 0.211. The molecule has 0 bridgehead atoms. The van der Waals surface area contributed by atoms with Crippen LogP contribution >= 0.6 is 0 Å². The van der Waals surface area contributed by atoms with Crippen LogP contribution in [0.3, 0.4) is 0 Å². The van der Waals surface area contributed by atoms with E-state index < -0.39 is 0 Å². The van der Waals surface area contributed by atoms with Crippen molar-refractivity contribution in [2.75, 3.05) is 33.7 Å². The van der Waals surface area contributed by atoms with Crippen LogP contribution in [0.1, 0.15) is 26.2 Å². The van der Waals surface area contributed by atoms with E-state index in [0.29, 0.717) is 12.3 Å². The van der Waals surface area contributed by atoms with Gasteiger partial charge in [-0.15, -0.1) is 0 Å². The van der Waals surface area contributed by atoms with Crippen LogP contribution in [0.4, 0.5) is 0 Å². The number of rotatable bonds is 4. The Labute approximate surface area is 98.8 Å². The van der Waals surface area contributed by atoms with E-state index in [1.807, 2.05) is 14.1 Å². The second-order valence-corrected chi connectivity index (χ2v) is 5.10. The first kappa shape index (κ1) is 13.5. The van der Waals surface area contributed by atoms with Gasteiger partial charge >= 0.3 is 0 Å². The summed E-state index contributed by atoms with van der Waals surface area (Å²) in [5.74, 6) is 0.811. The van der Waals surface area contributed by atoms with Gasteiger partial charge in [-0.25, -0.2) is 0 Å². The molecule has 1 amide bonds. The predicted molar refractivity (Wildman–Crippen MR) is 66.1 cm³/mol. The van der Waals surface area contributed by atoms with Crippen LogP contribution in [-0.4, -0.2) is 55.5 Å². The van der Waals surface area contributed by atoms with Crippen molar-refractivity contribution in [3.8, 4) is 0 Å². The van der Waals surface area contributed by atoms with Crippen molar-refractivity contribution >= 4 is 5.91 Å². The Morgan fingerprint density at radius 3 is 2.81 bits per heavy atom. The van der Waals surface area contributed by atoms with Gasteiger partial charge in [0.15, 0.2) is 0 Å². The van der Waals surface area contributed by atoms with Gasteiger partial charge in [0, 0.05) is 39.6 Å². The first-order chi connectivity index (χ1) is 7.50. The molecule has 1 aliphatic heterocycles. The van der Waals surface area contributed by atoms with Crippen LogP contribution in [0.25, 0.3) is 0 Å². The van der Waals surface area contributed by atoms with Gasteiger partial charge in [-0.2, -0.15) is 0 Å². The molecule has 2 N–H and O–H groups in total. The Balaban J connectivity index is 2.29. The van der Waals surface area contributed by atoms with E-state index in [2.05, 4.69) is 11.8 Å². The van der Waals surface area contributed by atoms with Crippen LogP contribution in [0.5, 0.6) is 0 Å². The molecule has 0 saturated carbocycles. The fourth-order valence-corrected chi connectivity index (χ4v) is 2.20. The van der Waals surface area contributed by atoms with Crippen molar-refractivity contribution in [1.82, 2.24) is 9.80 Å². The summed E-state index contributed by atoms with van der Waals surface area (Å²) in [5, 5.41) is 0. The highest BCUT2D eigenvalue weighted by Crippen LogP contribution is 2.18. The van der Waals surface area contributed by atoms with Crippen LogP contribution in [0.2, 0.25) is 0 Å². The smallest absolute Gasteiger partial charge is 0.223 e. The number of piperidine rings is 1. The molecule has 94 valence electrons. The lowest BCUT2D eigenvalue weighted by atomic mass is 9.92. The van der Waals surface area contributed by atoms with Gasteiger partial charge in [-0.05, 0) is 32.2 Å². The van der Waals surface area contributed by atoms with Gasteiger partial charge in [0.05, 0.1) is 0 Å². The number of hydrogen-bond donors (Lipinski definition) is 1. The summed E-state index contributed by atoms with van der Waals surface area (Å²) in [4.78, 5) is 15.5. The fraction of sp³-hybridized carbons (Fsp3) is 0.917. The normalized spacial score (nSPS) is 24.1. The Hall–Kier alpha value is -0.610. The highest BCUT2D eigenvalue weighted by Gasteiger charge is 2.22. The third-order valence-corrected chi connectivity index (χ3v) is 3.43. The number of carbonyl (C=O) groups is 1. The molecule has 1 aliphatic rings. The summed E-state index contributed by atoms with van der Waals surface area (Å²) in [7, 11) is 3.62. The van der Waals surface area contributed by atoms with Crippen LogP contribution in [0.15, 0.2) is 0 Å². The number of amides is 1. The van der Waals surface area contributed by atoms with Gasteiger partial charge in [0.1, 0.15) is 0 Å². The molecule has 4 nitrogen and oxygen atoms in total. The molecular formula is C12H25N3O. The molecule has 1 saturated heterocycles. The van der Waals surface area contributed by atoms with Crippen LogP contribution in [-0.2, 0) is 4.79 Å². The average Bonchev–Trinajstić information content (AvgIpc) is 2.26. The molecule has 1 rings (SSSR count). The topological polar surface area (TPSA) is 49.6 Å². The Morgan fingerprint density at radius 2 is 2.25 bits per heavy atom. The van der Waals surface area contributed by atoms with E-state index in [4.69, 9.17) is 5.73 Å². The summed E-state index contributed by atoms with van der Waals surface area (Å²) in [6.07, 6.45) is 3.07. The first-order valence-corrected chi connectivity index (χ1v) is 6.18. The molecule has 4 heteroatoms. The van der Waals surface area contributed by atoms with Crippen molar-refractivity contribution in [2.45, 2.75) is 32.2 Å². The Bertz CT molecular complexity index is 228. The maximum absolute atomic E-state index is 11.5. The highest BCUT2D eigenvalue weighted by atomic mass is 16.2. The van der Waals surface area contributed by atoms with Gasteiger partial charge in [-0.3, -0.25) is 4.79 Å². The molecule has 0 aromatic rings. The van der Waals surface area contributed by atoms with E-state index in [1.165, 1.54) is 12.8 Å². The second kappa shape index (κ2) is 6.21. The van der Waals surface area contributed by atoms with Crippen LogP contribution < -0.4 is 5.73 Å². The molecule has 0 radical (unpaired) electrons. The minimum Gasteiger partial charge on any atom is -0.349 e. The molecule has 0 aliphatic carbocycles. The molecule has 0 aromatic heterocycles. The lowest BCUT2D eigenvalue weighted by Gasteiger charge is -2.34. The number of hydrogen-bond acceptors (Lipinski definition) is 3. The maximum atomic E-state index is 11.5. The molecule has 0 spiro atoms. The first-order valence-electron chi connectivity index (χ1n) is 6.18. The van der Waals surface area contributed by atoms with Crippen molar-refractivity contribution in [2.24, 2.45) is 11.7 Å². The molecule has 16 heavy (non-hydrogen) atoms. The van der Waals surface area contributed by atoms with E-state index in [0.717, 1.165) is 19.6 Å². The van der Waals surface area contributed by atoms with E-state index in [9.17, 15) is 4.79 Å². The standard InChI is InChI=1S/C12H25N3O/c1-10(13)11-5-4-7-15(9-11)8-6-12(16)14(2)3/h10-11H,4-9,13H2,1-3H3. The van der Waals surface area contributed by atoms with E-state index in [-0.39, 0.29) is 11.9 Å². The quantitative estimate of drug-likeness (QED) is 0.762. The van der Waals surface area contributed by atoms with Gasteiger partial charge in [0.25, 0.3) is 0 Å². The molecule has 2 atom stereocenters. The summed E-state index contributed by atoms with van der Waals surface area (Å²) in [6.45, 7) is 5.13. The lowest BCUT2D eigenvalue weighted by molar-refractivity contribution is -0.129. The van der Waals surface area contributed by atoms with E-state index in [1.54, 1.807) is 4.90 Å². The Morgan fingerprint density at radius 1 is 1.56 bits per heavy atom. The number of likely N-dealkylation sites (tertiary alicyclic amines) is 1. The average molecular weight is 227 g/mol. The SMILES string of the molecule is CC(N)C1CCCN(CCC(=O)N(C)C)C1. The summed E-state index contributed by atoms with van der Waals surface area (Å²) < 4.78 is 0. The van der Waals surface area contributed by atoms with Crippen molar-refractivity contribution in [1.29, 1.82) is 0 Å². The monoisotopic (exact) mass is 227 g/mol. The molecular weight excluding hydrogens is 202 g/mol. The zero-order valence-corrected chi connectivity index (χ0v) is 10.8. The van der Waals surface area contributed by atoms with Crippen molar-refractivity contribution in [3.05, 3.63) is 0 Å². The molecule has 2 unspecified atom stereocenters. The van der Waals surface area contributed by atoms with Gasteiger partial charge < -0.3 is 15.5 Å². The van der Waals surface area contributed by atoms with Crippen LogP contribution in [0, 0.1) is 5.92 Å². The minimum absolute atomic E-state index is 0.211. The third kappa shape index (κ3) is 4.10. The highest BCUT2D eigenvalue weighted by molar-refractivity contribution is 5.75. The molecule has 1 fully saturated rings. The van der Waals surface area contributed by atoms with Crippen molar-refractivity contribution < 1.29 is 4.79 Å². The number of nitrogens with zero attached hydrogens (tertiary/aromatic N) is 2. The second-order valence-electron chi connectivity index (χ2n) is 5.10. The third-order valence-electron chi connectivity index (χ3n) is 3.43. The van der Waals surface area contributed by atoms with Gasteiger partial charge in [0.2, 0.25) is 5.91 Å². The molecule has 1 heterocycles. The summed E-state index contributed by atoms with van der Waals surface area (Å²) in [6, 6.07) is 0.271. The number of carbonyl (C=O) groups excluding carboxylic acids is 1. The number of nitrogens with two attached hydrogens (primary N) is 1. The maximum Gasteiger partial charge on any atom is 0.223 e. The predicted octanol–water partition coefficient (Wildman–Crippen LogP) is 0.524. The van der Waals surface area contributed by atoms with Crippen molar-refractivity contribution in [3.63, 3.8) is 0 Å². The summed E-state index contributed by atoms with van der Waals surface area (Å²) in [5.41, 5.74) is 5.93. The summed E-state index contributed by atoms with van der Waals surface area (Å²) >= 11 is 0. The van der Waals surface area contributed by atoms with Gasteiger partial charge in [-0.1, -0.05) is 0 Å².